The monoisotopic (exact) mass is 539 g/mol. The molecule has 1 atom stereocenters. The summed E-state index contributed by atoms with van der Waals surface area (Å²) in [4.78, 5) is 28.1. The van der Waals surface area contributed by atoms with E-state index < -0.39 is 77.2 Å². The minimum absolute atomic E-state index is 0.0729. The summed E-state index contributed by atoms with van der Waals surface area (Å²) in [6.07, 6.45) is -4.88. The van der Waals surface area contributed by atoms with Gasteiger partial charge in [0.2, 0.25) is 0 Å². The van der Waals surface area contributed by atoms with Gasteiger partial charge in [-0.05, 0) is 36.8 Å². The van der Waals surface area contributed by atoms with Gasteiger partial charge in [-0.15, -0.1) is 0 Å². The standard InChI is InChI=1S/C26H20F7N3O2/c1-13-16-7-6-14(24(37)34-11-17-21(29)9-15(27)10-22(17)30)8-23(16)36(25(38)35(13)2)12-18-19(26(31,32)33)4-3-5-20(18)28/h3-10,13H,11-12H2,1-2H3,(H,34,37). The van der Waals surface area contributed by atoms with Crippen molar-refractivity contribution in [1.29, 1.82) is 0 Å². The predicted octanol–water partition coefficient (Wildman–Crippen LogP) is 6.32. The number of nitrogens with one attached hydrogen (secondary N) is 1. The second-order valence-electron chi connectivity index (χ2n) is 8.72. The third kappa shape index (κ3) is 5.02. The zero-order valence-electron chi connectivity index (χ0n) is 20.0. The van der Waals surface area contributed by atoms with Crippen LogP contribution in [-0.4, -0.2) is 23.9 Å². The Bertz CT molecular complexity index is 1400. The number of hydrogen-bond donors (Lipinski definition) is 1. The van der Waals surface area contributed by atoms with Gasteiger partial charge < -0.3 is 10.2 Å². The number of urea groups is 1. The molecule has 0 saturated heterocycles. The maximum atomic E-state index is 14.6. The number of carbonyl (C=O) groups is 2. The molecule has 0 fully saturated rings. The molecular formula is C26H20F7N3O2. The Morgan fingerprint density at radius 1 is 0.947 bits per heavy atom. The minimum atomic E-state index is -4.88. The number of rotatable bonds is 5. The van der Waals surface area contributed by atoms with Crippen molar-refractivity contribution in [3.63, 3.8) is 0 Å². The van der Waals surface area contributed by atoms with E-state index in [2.05, 4.69) is 5.32 Å². The summed E-state index contributed by atoms with van der Waals surface area (Å²) in [5.41, 5.74) is -2.10. The quantitative estimate of drug-likeness (QED) is 0.386. The molecule has 0 aliphatic carbocycles. The van der Waals surface area contributed by atoms with Gasteiger partial charge in [0.25, 0.3) is 5.91 Å². The average molecular weight is 539 g/mol. The van der Waals surface area contributed by atoms with Crippen molar-refractivity contribution in [2.75, 3.05) is 11.9 Å². The fourth-order valence-corrected chi connectivity index (χ4v) is 4.25. The van der Waals surface area contributed by atoms with Gasteiger partial charge in [-0.1, -0.05) is 12.1 Å². The first-order chi connectivity index (χ1) is 17.8. The molecule has 3 aromatic carbocycles. The molecule has 4 rings (SSSR count). The molecule has 0 saturated carbocycles. The summed E-state index contributed by atoms with van der Waals surface area (Å²) in [6, 6.07) is 6.22. The average Bonchev–Trinajstić information content (AvgIpc) is 2.84. The van der Waals surface area contributed by atoms with Crippen molar-refractivity contribution in [2.45, 2.75) is 32.2 Å². The summed E-state index contributed by atoms with van der Waals surface area (Å²) < 4.78 is 96.3. The van der Waals surface area contributed by atoms with Crippen LogP contribution >= 0.6 is 0 Å². The van der Waals surface area contributed by atoms with Crippen molar-refractivity contribution in [2.24, 2.45) is 0 Å². The highest BCUT2D eigenvalue weighted by atomic mass is 19.4. The van der Waals surface area contributed by atoms with Gasteiger partial charge in [-0.2, -0.15) is 13.2 Å². The fraction of sp³-hybridized carbons (Fsp3) is 0.231. The van der Waals surface area contributed by atoms with E-state index in [9.17, 15) is 40.3 Å². The van der Waals surface area contributed by atoms with E-state index in [-0.39, 0.29) is 11.3 Å². The van der Waals surface area contributed by atoms with Gasteiger partial charge in [0, 0.05) is 42.4 Å². The number of hydrogen-bond acceptors (Lipinski definition) is 2. The molecule has 0 radical (unpaired) electrons. The third-order valence-electron chi connectivity index (χ3n) is 6.42. The molecule has 5 nitrogen and oxygen atoms in total. The number of carbonyl (C=O) groups excluding carboxylic acids is 2. The predicted molar refractivity (Wildman–Crippen MR) is 123 cm³/mol. The normalized spacial score (nSPS) is 15.5. The highest BCUT2D eigenvalue weighted by Gasteiger charge is 2.38. The number of anilines is 1. The molecule has 1 N–H and O–H groups in total. The zero-order chi connectivity index (χ0) is 27.9. The molecule has 0 bridgehead atoms. The maximum absolute atomic E-state index is 14.6. The Hall–Kier alpha value is -4.09. The Morgan fingerprint density at radius 3 is 2.24 bits per heavy atom. The van der Waals surface area contributed by atoms with E-state index in [4.69, 9.17) is 0 Å². The van der Waals surface area contributed by atoms with E-state index in [1.54, 1.807) is 6.92 Å². The van der Waals surface area contributed by atoms with Crippen LogP contribution in [0.15, 0.2) is 48.5 Å². The van der Waals surface area contributed by atoms with Crippen molar-refractivity contribution >= 4 is 17.6 Å². The Morgan fingerprint density at radius 2 is 1.61 bits per heavy atom. The molecule has 1 aliphatic rings. The first kappa shape index (κ1) is 27.0. The van der Waals surface area contributed by atoms with Crippen LogP contribution in [0, 0.1) is 23.3 Å². The summed E-state index contributed by atoms with van der Waals surface area (Å²) in [5.74, 6) is -5.51. The van der Waals surface area contributed by atoms with Crippen LogP contribution < -0.4 is 10.2 Å². The van der Waals surface area contributed by atoms with Gasteiger partial charge in [0.05, 0.1) is 23.8 Å². The highest BCUT2D eigenvalue weighted by Crippen LogP contribution is 2.39. The Kier molecular flexibility index (Phi) is 7.09. The topological polar surface area (TPSA) is 52.7 Å². The maximum Gasteiger partial charge on any atom is 0.416 e. The zero-order valence-corrected chi connectivity index (χ0v) is 20.0. The number of fused-ring (bicyclic) bond motifs is 1. The molecule has 1 aliphatic heterocycles. The van der Waals surface area contributed by atoms with Crippen molar-refractivity contribution < 1.29 is 40.3 Å². The fourth-order valence-electron chi connectivity index (χ4n) is 4.25. The van der Waals surface area contributed by atoms with Crippen LogP contribution in [0.2, 0.25) is 0 Å². The van der Waals surface area contributed by atoms with Crippen LogP contribution in [-0.2, 0) is 19.3 Å². The summed E-state index contributed by atoms with van der Waals surface area (Å²) >= 11 is 0. The van der Waals surface area contributed by atoms with Crippen molar-refractivity contribution in [3.8, 4) is 0 Å². The largest absolute Gasteiger partial charge is 0.416 e. The van der Waals surface area contributed by atoms with Crippen LogP contribution in [0.3, 0.4) is 0 Å². The molecule has 1 heterocycles. The molecule has 0 spiro atoms. The van der Waals surface area contributed by atoms with Gasteiger partial charge in [-0.25, -0.2) is 22.4 Å². The summed E-state index contributed by atoms with van der Waals surface area (Å²) in [6.45, 7) is 0.263. The number of nitrogens with zero attached hydrogens (tertiary/aromatic N) is 2. The van der Waals surface area contributed by atoms with E-state index in [1.165, 1.54) is 30.1 Å². The smallest absolute Gasteiger partial charge is 0.348 e. The number of halogens is 7. The van der Waals surface area contributed by atoms with Crippen LogP contribution in [0.4, 0.5) is 41.2 Å². The van der Waals surface area contributed by atoms with Crippen LogP contribution in [0.25, 0.3) is 0 Å². The first-order valence-electron chi connectivity index (χ1n) is 11.2. The molecule has 0 aromatic heterocycles. The second-order valence-corrected chi connectivity index (χ2v) is 8.72. The number of benzene rings is 3. The molecule has 200 valence electrons. The van der Waals surface area contributed by atoms with Crippen LogP contribution in [0.5, 0.6) is 0 Å². The van der Waals surface area contributed by atoms with E-state index >= 15 is 0 Å². The Balaban J connectivity index is 1.69. The molecule has 1 unspecified atom stereocenters. The third-order valence-corrected chi connectivity index (χ3v) is 6.42. The van der Waals surface area contributed by atoms with Gasteiger partial charge in [-0.3, -0.25) is 9.69 Å². The molecular weight excluding hydrogens is 519 g/mol. The molecule has 12 heteroatoms. The van der Waals surface area contributed by atoms with Crippen molar-refractivity contribution in [3.05, 3.63) is 99.6 Å². The Labute approximate surface area is 212 Å². The lowest BCUT2D eigenvalue weighted by Gasteiger charge is -2.40. The lowest BCUT2D eigenvalue weighted by Crippen LogP contribution is -2.47. The lowest BCUT2D eigenvalue weighted by molar-refractivity contribution is -0.138. The van der Waals surface area contributed by atoms with Crippen molar-refractivity contribution in [1.82, 2.24) is 10.2 Å². The van der Waals surface area contributed by atoms with Gasteiger partial charge in [0.15, 0.2) is 0 Å². The SMILES string of the molecule is CC1c2ccc(C(=O)NCc3c(F)cc(F)cc3F)cc2N(Cc2c(F)cccc2C(F)(F)F)C(=O)N1C. The minimum Gasteiger partial charge on any atom is -0.348 e. The summed E-state index contributed by atoms with van der Waals surface area (Å²) in [7, 11) is 1.43. The lowest BCUT2D eigenvalue weighted by atomic mass is 9.97. The highest BCUT2D eigenvalue weighted by molar-refractivity contribution is 5.99. The van der Waals surface area contributed by atoms with E-state index in [1.807, 2.05) is 0 Å². The number of alkyl halides is 3. The second kappa shape index (κ2) is 9.99. The van der Waals surface area contributed by atoms with Crippen LogP contribution in [0.1, 0.15) is 45.6 Å². The molecule has 3 amide bonds. The first-order valence-corrected chi connectivity index (χ1v) is 11.2. The van der Waals surface area contributed by atoms with Gasteiger partial charge in [0.1, 0.15) is 23.3 Å². The number of amides is 3. The molecule has 3 aromatic rings. The van der Waals surface area contributed by atoms with Gasteiger partial charge >= 0.3 is 12.2 Å². The van der Waals surface area contributed by atoms with E-state index in [0.29, 0.717) is 23.8 Å². The van der Waals surface area contributed by atoms with E-state index in [0.717, 1.165) is 17.0 Å². The molecule has 38 heavy (non-hydrogen) atoms. The summed E-state index contributed by atoms with van der Waals surface area (Å²) in [5, 5.41) is 2.29.